The predicted molar refractivity (Wildman–Crippen MR) is 86.7 cm³/mol. The summed E-state index contributed by atoms with van der Waals surface area (Å²) in [7, 11) is 0. The second-order valence-corrected chi connectivity index (χ2v) is 6.86. The molecule has 0 aliphatic rings. The number of nitriles is 1. The highest BCUT2D eigenvalue weighted by atomic mass is 32.2. The third kappa shape index (κ3) is 4.05. The molecule has 2 aromatic carbocycles. The number of benzene rings is 2. The maximum Gasteiger partial charge on any atom is 0.460 e. The minimum atomic E-state index is -6.41. The van der Waals surface area contributed by atoms with Crippen LogP contribution in [0, 0.1) is 31.2 Å². The summed E-state index contributed by atoms with van der Waals surface area (Å²) < 4.78 is 91.7. The number of hydrogen-bond donors (Lipinski definition) is 0. The molecule has 0 spiro atoms. The molecular weight excluding hydrogens is 395 g/mol. The van der Waals surface area contributed by atoms with Crippen molar-refractivity contribution in [3.8, 4) is 17.2 Å². The fourth-order valence-electron chi connectivity index (χ4n) is 2.40. The third-order valence-corrected chi connectivity index (χ3v) is 4.65. The number of thioether (sulfide) groups is 1. The summed E-state index contributed by atoms with van der Waals surface area (Å²) in [6.45, 7) is 2.91. The first-order valence-electron chi connectivity index (χ1n) is 7.35. The van der Waals surface area contributed by atoms with Gasteiger partial charge in [-0.15, -0.1) is 0 Å². The van der Waals surface area contributed by atoms with Crippen LogP contribution in [-0.2, 0) is 0 Å². The molecule has 1 nitrogen and oxygen atoms in total. The van der Waals surface area contributed by atoms with E-state index in [2.05, 4.69) is 6.07 Å². The molecule has 2 rings (SSSR count). The van der Waals surface area contributed by atoms with Gasteiger partial charge in [-0.25, -0.2) is 0 Å². The summed E-state index contributed by atoms with van der Waals surface area (Å²) in [5.41, 5.74) is 0.993. The van der Waals surface area contributed by atoms with Crippen LogP contribution in [0.1, 0.15) is 16.7 Å². The molecule has 0 aliphatic heterocycles. The summed E-state index contributed by atoms with van der Waals surface area (Å²) in [6.07, 6.45) is -6.41. The standard InChI is InChI=1S/C18H11F7NS/c1-10-6-11(2)15(13-5-3-4-12(8-13)9-26)14(7-10)27-18(24,25)16(19,20)17(21,22)23/h3-5,7-8H,1-2H3. The molecule has 0 bridgehead atoms. The minimum absolute atomic E-state index is 0.0142. The van der Waals surface area contributed by atoms with Crippen molar-refractivity contribution >= 4 is 11.8 Å². The molecule has 0 aromatic heterocycles. The highest BCUT2D eigenvalue weighted by molar-refractivity contribution is 8.00. The normalized spacial score (nSPS) is 12.7. The van der Waals surface area contributed by atoms with E-state index in [-0.39, 0.29) is 22.3 Å². The molecule has 0 fully saturated rings. The Labute approximate surface area is 154 Å². The van der Waals surface area contributed by atoms with Crippen molar-refractivity contribution in [2.45, 2.75) is 36.1 Å². The lowest BCUT2D eigenvalue weighted by atomic mass is 9.97. The molecule has 0 aliphatic carbocycles. The molecule has 2 aromatic rings. The number of nitrogens with zero attached hydrogens (tertiary/aromatic N) is 1. The predicted octanol–water partition coefficient (Wildman–Crippen LogP) is 6.52. The average Bonchev–Trinajstić information content (AvgIpc) is 2.52. The monoisotopic (exact) mass is 406 g/mol. The number of aryl methyl sites for hydroxylation is 2. The largest absolute Gasteiger partial charge is 0.460 e. The van der Waals surface area contributed by atoms with Gasteiger partial charge >= 0.3 is 17.4 Å². The molecule has 0 atom stereocenters. The van der Waals surface area contributed by atoms with Crippen LogP contribution >= 0.6 is 11.8 Å². The average molecular weight is 406 g/mol. The zero-order chi connectivity index (χ0) is 20.6. The first-order chi connectivity index (χ1) is 12.3. The van der Waals surface area contributed by atoms with Crippen LogP contribution in [0.3, 0.4) is 0 Å². The summed E-state index contributed by atoms with van der Waals surface area (Å²) in [6, 6.07) is 11.4. The third-order valence-electron chi connectivity index (χ3n) is 3.59. The topological polar surface area (TPSA) is 23.8 Å². The van der Waals surface area contributed by atoms with E-state index in [4.69, 9.17) is 5.26 Å². The molecule has 9 heteroatoms. The lowest BCUT2D eigenvalue weighted by molar-refractivity contribution is -0.330. The van der Waals surface area contributed by atoms with Gasteiger partial charge in [-0.3, -0.25) is 0 Å². The Hall–Kier alpha value is -2.21. The quantitative estimate of drug-likeness (QED) is 0.426. The summed E-state index contributed by atoms with van der Waals surface area (Å²) in [5, 5.41) is 3.53. The Balaban J connectivity index is 2.63. The van der Waals surface area contributed by atoms with Crippen molar-refractivity contribution < 1.29 is 30.7 Å². The van der Waals surface area contributed by atoms with Crippen molar-refractivity contribution in [3.63, 3.8) is 0 Å². The van der Waals surface area contributed by atoms with Gasteiger partial charge in [0.2, 0.25) is 0 Å². The van der Waals surface area contributed by atoms with Crippen LogP contribution in [0.4, 0.5) is 30.7 Å². The van der Waals surface area contributed by atoms with E-state index in [0.29, 0.717) is 5.56 Å². The Bertz CT molecular complexity index is 898. The van der Waals surface area contributed by atoms with Gasteiger partial charge in [0.05, 0.1) is 11.6 Å². The number of alkyl halides is 7. The summed E-state index contributed by atoms with van der Waals surface area (Å²) in [4.78, 5) is -0.465. The minimum Gasteiger partial charge on any atom is -0.192 e. The Kier molecular flexibility index (Phi) is 5.53. The van der Waals surface area contributed by atoms with E-state index >= 15 is 0 Å². The smallest absolute Gasteiger partial charge is 0.192 e. The zero-order valence-corrected chi connectivity index (χ0v) is 14.7. The molecule has 0 N–H and O–H groups in total. The molecular formula is C18H11F7NS. The van der Waals surface area contributed by atoms with Gasteiger partial charge in [0.15, 0.2) is 0 Å². The maximum atomic E-state index is 13.9. The SMILES string of the molecule is Cc1[c]c(C)c(-c2cccc(C#N)c2)c(SC(F)(F)C(F)(F)C(F)(F)F)c1. The Morgan fingerprint density at radius 2 is 1.63 bits per heavy atom. The van der Waals surface area contributed by atoms with Crippen molar-refractivity contribution in [2.24, 2.45) is 0 Å². The molecule has 0 unspecified atom stereocenters. The fraction of sp³-hybridized carbons (Fsp3) is 0.278. The van der Waals surface area contributed by atoms with Crippen molar-refractivity contribution in [2.75, 3.05) is 0 Å². The zero-order valence-electron chi connectivity index (χ0n) is 13.9. The van der Waals surface area contributed by atoms with E-state index in [1.54, 1.807) is 0 Å². The molecule has 1 radical (unpaired) electrons. The van der Waals surface area contributed by atoms with E-state index in [1.807, 2.05) is 6.07 Å². The number of rotatable bonds is 4. The van der Waals surface area contributed by atoms with Crippen LogP contribution in [0.5, 0.6) is 0 Å². The lowest BCUT2D eigenvalue weighted by Crippen LogP contribution is -2.49. The van der Waals surface area contributed by atoms with Crippen LogP contribution in [0.25, 0.3) is 11.1 Å². The van der Waals surface area contributed by atoms with Gasteiger partial charge in [0.1, 0.15) is 0 Å². The second-order valence-electron chi connectivity index (χ2n) is 5.70. The second kappa shape index (κ2) is 7.08. The maximum absolute atomic E-state index is 13.9. The molecule has 0 heterocycles. The van der Waals surface area contributed by atoms with E-state index in [1.165, 1.54) is 38.1 Å². The first-order valence-corrected chi connectivity index (χ1v) is 8.17. The van der Waals surface area contributed by atoms with Crippen molar-refractivity contribution in [1.82, 2.24) is 0 Å². The van der Waals surface area contributed by atoms with E-state index in [0.717, 1.165) is 6.07 Å². The first kappa shape index (κ1) is 21.1. The van der Waals surface area contributed by atoms with Gasteiger partial charge in [-0.2, -0.15) is 36.0 Å². The van der Waals surface area contributed by atoms with Gasteiger partial charge < -0.3 is 0 Å². The van der Waals surface area contributed by atoms with E-state index in [9.17, 15) is 30.7 Å². The Morgan fingerprint density at radius 3 is 2.19 bits per heavy atom. The van der Waals surface area contributed by atoms with Gasteiger partial charge in [-0.1, -0.05) is 12.1 Å². The lowest BCUT2D eigenvalue weighted by Gasteiger charge is -2.28. The van der Waals surface area contributed by atoms with Gasteiger partial charge in [0.25, 0.3) is 0 Å². The highest BCUT2D eigenvalue weighted by Crippen LogP contribution is 2.55. The van der Waals surface area contributed by atoms with Crippen LogP contribution in [0.2, 0.25) is 0 Å². The summed E-state index contributed by atoms with van der Waals surface area (Å²) in [5.74, 6) is -6.22. The van der Waals surface area contributed by atoms with Gasteiger partial charge in [-0.05, 0) is 72.1 Å². The highest BCUT2D eigenvalue weighted by Gasteiger charge is 2.73. The molecule has 143 valence electrons. The Morgan fingerprint density at radius 1 is 1.00 bits per heavy atom. The van der Waals surface area contributed by atoms with Crippen molar-refractivity contribution in [1.29, 1.82) is 5.26 Å². The molecule has 27 heavy (non-hydrogen) atoms. The van der Waals surface area contributed by atoms with Crippen LogP contribution in [-0.4, -0.2) is 17.4 Å². The van der Waals surface area contributed by atoms with Crippen LogP contribution in [0.15, 0.2) is 35.2 Å². The molecule has 0 saturated heterocycles. The summed E-state index contributed by atoms with van der Waals surface area (Å²) >= 11 is -0.863. The van der Waals surface area contributed by atoms with Crippen LogP contribution < -0.4 is 0 Å². The van der Waals surface area contributed by atoms with E-state index < -0.39 is 34.0 Å². The fourth-order valence-corrected chi connectivity index (χ4v) is 3.53. The molecule has 0 saturated carbocycles. The van der Waals surface area contributed by atoms with Crippen molar-refractivity contribution in [3.05, 3.63) is 53.1 Å². The number of halogens is 7. The molecule has 0 amide bonds. The van der Waals surface area contributed by atoms with Gasteiger partial charge in [0, 0.05) is 4.90 Å². The number of hydrogen-bond acceptors (Lipinski definition) is 2.